The largest absolute Gasteiger partial charge is 0.505 e. The molecule has 0 bridgehead atoms. The Morgan fingerprint density at radius 1 is 0.506 bits per heavy atom. The number of rotatable bonds is 20. The van der Waals surface area contributed by atoms with Gasteiger partial charge in [0.05, 0.1) is 60.7 Å². The van der Waals surface area contributed by atoms with Gasteiger partial charge in [0.15, 0.2) is 5.75 Å². The molecule has 0 radical (unpaired) electrons. The molecule has 0 unspecified atom stereocenters. The van der Waals surface area contributed by atoms with Crippen LogP contribution in [0.3, 0.4) is 0 Å². The zero-order chi connectivity index (χ0) is 59.0. The summed E-state index contributed by atoms with van der Waals surface area (Å²) < 4.78 is 83.4. The number of amides is 1. The Balaban J connectivity index is 0.842. The number of phenolic OH excluding ortho intramolecular Hbond substituents is 1. The van der Waals surface area contributed by atoms with Crippen molar-refractivity contribution in [1.82, 2.24) is 0 Å². The SMILES string of the molecule is COc1cc(N=Nc2ccc(C(=O)Nc3cc4c(OCCCS(=O)(=O)O)cccc4cc3S(=O)(=O)O)cc2C)ccc1N=Nc1cc(C)c(N=Nc2cc(OC)c(N=Nc3ccc4cc(Nc5ccccc5)ccc4c3O)cc2C)cc1C. The summed E-state index contributed by atoms with van der Waals surface area (Å²) in [4.78, 5) is 13.0. The number of ether oxygens (including phenoxy) is 3. The second-order valence-electron chi connectivity index (χ2n) is 19.0. The van der Waals surface area contributed by atoms with Crippen molar-refractivity contribution in [3.63, 3.8) is 0 Å². The summed E-state index contributed by atoms with van der Waals surface area (Å²) in [7, 11) is -6.01. The standard InChI is InChI=1S/C60H54N10O11S2/c1-35-26-41(60(72)62-54-33-46-39(31-58(54)83(76,77)78)12-10-15-55(46)81-24-11-25-82(73,74)75)17-21-47(35)64-63-44-19-23-48(56(32-44)79-5)65-67-50-27-37(3)51(28-36(50)2)68-69-52-34-57(80-6)53(29-38(52)4)70-66-49-22-16-40-30-43(18-20-45(40)59(49)71)61-42-13-8-7-9-14-42/h7-10,12-23,26-34,61,71H,11,24-25H2,1-6H3,(H,62,72)(H,73,74,75)(H,76,77,78). The number of carbonyl (C=O) groups is 1. The van der Waals surface area contributed by atoms with Gasteiger partial charge in [-0.25, -0.2) is 0 Å². The van der Waals surface area contributed by atoms with Crippen molar-refractivity contribution in [3.8, 4) is 23.0 Å². The summed E-state index contributed by atoms with van der Waals surface area (Å²) in [5, 5.41) is 55.0. The Morgan fingerprint density at radius 2 is 1.10 bits per heavy atom. The summed E-state index contributed by atoms with van der Waals surface area (Å²) in [5.74, 6) is -0.176. The number of hydrogen-bond acceptors (Lipinski definition) is 18. The van der Waals surface area contributed by atoms with Gasteiger partial charge in [-0.15, -0.1) is 15.3 Å². The second kappa shape index (κ2) is 24.9. The van der Waals surface area contributed by atoms with Crippen molar-refractivity contribution >= 4 is 110 Å². The fraction of sp³-hybridized carbons (Fsp3) is 0.150. The maximum Gasteiger partial charge on any atom is 0.296 e. The van der Waals surface area contributed by atoms with Crippen molar-refractivity contribution in [3.05, 3.63) is 179 Å². The molecule has 0 aliphatic carbocycles. The molecule has 0 saturated heterocycles. The molecule has 422 valence electrons. The molecular weight excluding hydrogens is 1100 g/mol. The highest BCUT2D eigenvalue weighted by atomic mass is 32.2. The molecule has 1 amide bonds. The average Bonchev–Trinajstić information content (AvgIpc) is 3.33. The molecule has 0 aliphatic rings. The van der Waals surface area contributed by atoms with Crippen molar-refractivity contribution in [1.29, 1.82) is 0 Å². The fourth-order valence-corrected chi connectivity index (χ4v) is 9.79. The summed E-state index contributed by atoms with van der Waals surface area (Å²) in [6, 6.07) is 43.2. The van der Waals surface area contributed by atoms with Crippen LogP contribution in [-0.2, 0) is 20.2 Å². The summed E-state index contributed by atoms with van der Waals surface area (Å²) in [6.45, 7) is 7.28. The highest BCUT2D eigenvalue weighted by Gasteiger charge is 2.21. The third-order valence-electron chi connectivity index (χ3n) is 13.0. The minimum atomic E-state index is -4.82. The zero-order valence-corrected chi connectivity index (χ0v) is 47.2. The van der Waals surface area contributed by atoms with Crippen molar-refractivity contribution in [2.24, 2.45) is 40.9 Å². The van der Waals surface area contributed by atoms with Crippen LogP contribution in [-0.4, -0.2) is 63.5 Å². The first kappa shape index (κ1) is 57.9. The number of nitrogens with one attached hydrogen (secondary N) is 2. The lowest BCUT2D eigenvalue weighted by Gasteiger charge is -2.14. The quantitative estimate of drug-likeness (QED) is 0.0270. The van der Waals surface area contributed by atoms with E-state index in [9.17, 15) is 31.3 Å². The van der Waals surface area contributed by atoms with E-state index >= 15 is 0 Å². The maximum absolute atomic E-state index is 13.6. The van der Waals surface area contributed by atoms with E-state index < -0.39 is 36.8 Å². The van der Waals surface area contributed by atoms with E-state index in [-0.39, 0.29) is 35.8 Å². The molecule has 0 aliphatic heterocycles. The predicted molar refractivity (Wildman–Crippen MR) is 318 cm³/mol. The average molecular weight is 1160 g/mol. The fourth-order valence-electron chi connectivity index (χ4n) is 8.65. The number of methoxy groups -OCH3 is 2. The number of hydrogen-bond donors (Lipinski definition) is 5. The highest BCUT2D eigenvalue weighted by Crippen LogP contribution is 2.42. The third-order valence-corrected chi connectivity index (χ3v) is 14.7. The molecule has 0 spiro atoms. The molecule has 21 nitrogen and oxygen atoms in total. The number of fused-ring (bicyclic) bond motifs is 2. The molecule has 83 heavy (non-hydrogen) atoms. The number of phenols is 1. The normalized spacial score (nSPS) is 12.1. The minimum absolute atomic E-state index is 0.00616. The van der Waals surface area contributed by atoms with Crippen LogP contribution in [0, 0.1) is 27.7 Å². The first-order valence-corrected chi connectivity index (χ1v) is 28.6. The first-order chi connectivity index (χ1) is 39.7. The molecule has 5 N–H and O–H groups in total. The van der Waals surface area contributed by atoms with E-state index in [1.54, 1.807) is 73.7 Å². The van der Waals surface area contributed by atoms with Crippen LogP contribution in [0.4, 0.5) is 62.6 Å². The van der Waals surface area contributed by atoms with Gasteiger partial charge >= 0.3 is 0 Å². The molecule has 9 aromatic carbocycles. The maximum atomic E-state index is 13.6. The Kier molecular flexibility index (Phi) is 17.4. The lowest BCUT2D eigenvalue weighted by atomic mass is 10.1. The van der Waals surface area contributed by atoms with Gasteiger partial charge in [-0.05, 0) is 170 Å². The van der Waals surface area contributed by atoms with Gasteiger partial charge in [-0.3, -0.25) is 13.9 Å². The summed E-state index contributed by atoms with van der Waals surface area (Å²) in [6.07, 6.45) is -0.0209. The van der Waals surface area contributed by atoms with Crippen LogP contribution in [0.1, 0.15) is 39.0 Å². The Bertz CT molecular complexity index is 4350. The van der Waals surface area contributed by atoms with Gasteiger partial charge < -0.3 is 30.0 Å². The van der Waals surface area contributed by atoms with E-state index in [2.05, 4.69) is 51.5 Å². The monoisotopic (exact) mass is 1150 g/mol. The number of carbonyl (C=O) groups excluding carboxylic acids is 1. The lowest BCUT2D eigenvalue weighted by molar-refractivity contribution is 0.102. The van der Waals surface area contributed by atoms with Gasteiger partial charge in [0.1, 0.15) is 39.2 Å². The van der Waals surface area contributed by atoms with Crippen LogP contribution in [0.25, 0.3) is 21.5 Å². The highest BCUT2D eigenvalue weighted by molar-refractivity contribution is 7.86. The van der Waals surface area contributed by atoms with Crippen LogP contribution in [0.2, 0.25) is 0 Å². The third kappa shape index (κ3) is 14.2. The number of anilines is 3. The topological polar surface area (TPSA) is 297 Å². The molecular formula is C60H54N10O11S2. The van der Waals surface area contributed by atoms with E-state index in [1.807, 2.05) is 87.5 Å². The summed E-state index contributed by atoms with van der Waals surface area (Å²) >= 11 is 0. The first-order valence-electron chi connectivity index (χ1n) is 25.5. The molecule has 0 saturated carbocycles. The smallest absolute Gasteiger partial charge is 0.296 e. The molecule has 9 aromatic rings. The van der Waals surface area contributed by atoms with Crippen molar-refractivity contribution < 1.29 is 50.1 Å². The molecule has 0 fully saturated rings. The van der Waals surface area contributed by atoms with E-state index in [1.165, 1.54) is 32.4 Å². The number of benzene rings is 9. The molecule has 23 heteroatoms. The Labute approximate surface area is 477 Å². The number of aromatic hydroxyl groups is 1. The number of para-hydroxylation sites is 1. The van der Waals surface area contributed by atoms with Gasteiger partial charge in [0, 0.05) is 39.8 Å². The van der Waals surface area contributed by atoms with Gasteiger partial charge in [0.25, 0.3) is 26.1 Å². The Morgan fingerprint density at radius 3 is 1.77 bits per heavy atom. The minimum Gasteiger partial charge on any atom is -0.505 e. The second-order valence-corrected chi connectivity index (χ2v) is 22.0. The van der Waals surface area contributed by atoms with Crippen molar-refractivity contribution in [2.75, 3.05) is 37.2 Å². The van der Waals surface area contributed by atoms with Gasteiger partial charge in [-0.1, -0.05) is 36.4 Å². The molecule has 0 aromatic heterocycles. The summed E-state index contributed by atoms with van der Waals surface area (Å²) in [5.41, 5.74) is 8.45. The van der Waals surface area contributed by atoms with E-state index in [4.69, 9.17) is 18.8 Å². The van der Waals surface area contributed by atoms with Gasteiger partial charge in [-0.2, -0.15) is 42.4 Å². The molecule has 9 rings (SSSR count). The molecule has 0 heterocycles. The number of aryl methyl sites for hydroxylation is 4. The van der Waals surface area contributed by atoms with Crippen LogP contribution in [0.15, 0.2) is 197 Å². The predicted octanol–water partition coefficient (Wildman–Crippen LogP) is 16.5. The lowest BCUT2D eigenvalue weighted by Crippen LogP contribution is -2.15. The number of azo groups is 4. The number of nitrogens with zero attached hydrogens (tertiary/aromatic N) is 8. The van der Waals surface area contributed by atoms with E-state index in [0.717, 1.165) is 33.5 Å². The van der Waals surface area contributed by atoms with Gasteiger partial charge in [0.2, 0.25) is 0 Å². The van der Waals surface area contributed by atoms with Crippen LogP contribution < -0.4 is 24.8 Å². The van der Waals surface area contributed by atoms with E-state index in [0.29, 0.717) is 78.7 Å². The van der Waals surface area contributed by atoms with Crippen molar-refractivity contribution in [2.45, 2.75) is 39.0 Å². The Hall–Kier alpha value is -9.81. The zero-order valence-electron chi connectivity index (χ0n) is 45.6. The molecule has 0 atom stereocenters. The van der Waals surface area contributed by atoms with Crippen LogP contribution in [0.5, 0.6) is 23.0 Å². The van der Waals surface area contributed by atoms with Crippen LogP contribution >= 0.6 is 0 Å².